The molecule has 3 aromatic rings. The first kappa shape index (κ1) is 18.8. The van der Waals surface area contributed by atoms with E-state index < -0.39 is 12.1 Å². The molecule has 146 valence electrons. The van der Waals surface area contributed by atoms with E-state index >= 15 is 0 Å². The second-order valence-electron chi connectivity index (χ2n) is 7.39. The van der Waals surface area contributed by atoms with Crippen molar-refractivity contribution in [1.82, 2.24) is 9.97 Å². The number of carbonyl (C=O) groups is 1. The number of hydrogen-bond acceptors (Lipinski definition) is 6. The Hall–Kier alpha value is -2.51. The summed E-state index contributed by atoms with van der Waals surface area (Å²) in [5.74, 6) is 0.472. The minimum Gasteiger partial charge on any atom is -0.451 e. The molecule has 2 N–H and O–H groups in total. The highest BCUT2D eigenvalue weighted by Gasteiger charge is 2.24. The lowest BCUT2D eigenvalue weighted by atomic mass is 9.89. The van der Waals surface area contributed by atoms with Crippen LogP contribution < -0.4 is 5.56 Å². The molecule has 0 bridgehead atoms. The normalized spacial score (nSPS) is 17.3. The van der Waals surface area contributed by atoms with Crippen LogP contribution in [0.2, 0.25) is 0 Å². The molecule has 0 saturated heterocycles. The standard InChI is InChI=1S/C21H22N2O4S/c1-11-3-8-15-16(9-11)28-20-17(15)19(25)22-18(23-20)12(2)27-21(26)14-6-4-13(10-24)5-7-14/h4-7,11-12,24H,3,8-10H2,1-2H3,(H,22,23,25)/t11-,12-/m0/s1. The topological polar surface area (TPSA) is 92.3 Å². The number of hydrogen-bond donors (Lipinski definition) is 2. The molecule has 0 radical (unpaired) electrons. The van der Waals surface area contributed by atoms with Crippen LogP contribution in [0.4, 0.5) is 0 Å². The molecule has 0 saturated carbocycles. The molecule has 2 atom stereocenters. The minimum absolute atomic E-state index is 0.0829. The van der Waals surface area contributed by atoms with E-state index in [9.17, 15) is 9.59 Å². The van der Waals surface area contributed by atoms with Gasteiger partial charge in [-0.1, -0.05) is 19.1 Å². The third-order valence-electron chi connectivity index (χ3n) is 5.22. The summed E-state index contributed by atoms with van der Waals surface area (Å²) in [4.78, 5) is 34.4. The van der Waals surface area contributed by atoms with E-state index in [2.05, 4.69) is 16.9 Å². The fraction of sp³-hybridized carbons (Fsp3) is 0.381. The number of fused-ring (bicyclic) bond motifs is 3. The van der Waals surface area contributed by atoms with Crippen LogP contribution in [0.3, 0.4) is 0 Å². The fourth-order valence-corrected chi connectivity index (χ4v) is 4.98. The molecule has 7 heteroatoms. The van der Waals surface area contributed by atoms with Gasteiger partial charge in [0.2, 0.25) is 0 Å². The summed E-state index contributed by atoms with van der Waals surface area (Å²) in [5.41, 5.74) is 2.07. The van der Waals surface area contributed by atoms with Gasteiger partial charge in [0, 0.05) is 4.88 Å². The second-order valence-corrected chi connectivity index (χ2v) is 8.47. The van der Waals surface area contributed by atoms with Gasteiger partial charge in [-0.15, -0.1) is 11.3 Å². The first-order chi connectivity index (χ1) is 13.5. The monoisotopic (exact) mass is 398 g/mol. The highest BCUT2D eigenvalue weighted by atomic mass is 32.1. The van der Waals surface area contributed by atoms with E-state index in [1.54, 1.807) is 42.5 Å². The second kappa shape index (κ2) is 7.48. The maximum absolute atomic E-state index is 12.7. The molecule has 6 nitrogen and oxygen atoms in total. The van der Waals surface area contributed by atoms with Crippen molar-refractivity contribution in [3.63, 3.8) is 0 Å². The summed E-state index contributed by atoms with van der Waals surface area (Å²) in [7, 11) is 0. The zero-order valence-electron chi connectivity index (χ0n) is 15.8. The number of aryl methyl sites for hydroxylation is 1. The van der Waals surface area contributed by atoms with Crippen LogP contribution in [0.25, 0.3) is 10.2 Å². The van der Waals surface area contributed by atoms with E-state index in [0.29, 0.717) is 27.5 Å². The summed E-state index contributed by atoms with van der Waals surface area (Å²) in [5, 5.41) is 9.78. The van der Waals surface area contributed by atoms with Crippen LogP contribution in [-0.4, -0.2) is 21.0 Å². The van der Waals surface area contributed by atoms with Gasteiger partial charge in [-0.2, -0.15) is 0 Å². The maximum Gasteiger partial charge on any atom is 0.338 e. The molecule has 0 fully saturated rings. The minimum atomic E-state index is -0.680. The Morgan fingerprint density at radius 3 is 2.86 bits per heavy atom. The highest BCUT2D eigenvalue weighted by Crippen LogP contribution is 2.36. The Labute approximate surface area is 166 Å². The van der Waals surface area contributed by atoms with Crippen molar-refractivity contribution in [2.24, 2.45) is 5.92 Å². The smallest absolute Gasteiger partial charge is 0.338 e. The predicted octanol–water partition coefficient (Wildman–Crippen LogP) is 3.52. The molecule has 1 aromatic carbocycles. The van der Waals surface area contributed by atoms with Gasteiger partial charge in [0.1, 0.15) is 4.83 Å². The quantitative estimate of drug-likeness (QED) is 0.656. The number of aliphatic hydroxyl groups is 1. The molecule has 2 heterocycles. The van der Waals surface area contributed by atoms with Crippen molar-refractivity contribution >= 4 is 27.5 Å². The van der Waals surface area contributed by atoms with Crippen LogP contribution in [0, 0.1) is 5.92 Å². The van der Waals surface area contributed by atoms with E-state index in [1.165, 1.54) is 4.88 Å². The van der Waals surface area contributed by atoms with Crippen molar-refractivity contribution < 1.29 is 14.6 Å². The summed E-state index contributed by atoms with van der Waals surface area (Å²) < 4.78 is 5.49. The van der Waals surface area contributed by atoms with Gasteiger partial charge >= 0.3 is 5.97 Å². The predicted molar refractivity (Wildman–Crippen MR) is 108 cm³/mol. The molecule has 0 unspecified atom stereocenters. The van der Waals surface area contributed by atoms with Gasteiger partial charge in [-0.25, -0.2) is 9.78 Å². The first-order valence-corrected chi connectivity index (χ1v) is 10.2. The van der Waals surface area contributed by atoms with Crippen LogP contribution in [0.1, 0.15) is 58.6 Å². The summed E-state index contributed by atoms with van der Waals surface area (Å²) in [6.45, 7) is 3.84. The lowest BCUT2D eigenvalue weighted by Crippen LogP contribution is -2.18. The van der Waals surface area contributed by atoms with Gasteiger partial charge in [-0.3, -0.25) is 4.79 Å². The number of esters is 1. The van der Waals surface area contributed by atoms with E-state index in [-0.39, 0.29) is 12.2 Å². The van der Waals surface area contributed by atoms with E-state index in [0.717, 1.165) is 30.4 Å². The first-order valence-electron chi connectivity index (χ1n) is 9.41. The number of H-pyrrole nitrogens is 1. The van der Waals surface area contributed by atoms with Gasteiger partial charge in [0.25, 0.3) is 5.56 Å². The molecule has 1 aliphatic carbocycles. The molecule has 4 rings (SSSR count). The largest absolute Gasteiger partial charge is 0.451 e. The van der Waals surface area contributed by atoms with Gasteiger partial charge in [0.15, 0.2) is 11.9 Å². The van der Waals surface area contributed by atoms with Gasteiger partial charge < -0.3 is 14.8 Å². The van der Waals surface area contributed by atoms with Gasteiger partial charge in [-0.05, 0) is 55.4 Å². The molecule has 0 aliphatic heterocycles. The fourth-order valence-electron chi connectivity index (χ4n) is 3.59. The number of carbonyl (C=O) groups excluding carboxylic acids is 1. The summed E-state index contributed by atoms with van der Waals surface area (Å²) >= 11 is 1.57. The number of aromatic nitrogens is 2. The summed E-state index contributed by atoms with van der Waals surface area (Å²) in [6, 6.07) is 6.55. The number of ether oxygens (including phenoxy) is 1. The number of aliphatic hydroxyl groups excluding tert-OH is 1. The van der Waals surface area contributed by atoms with Crippen LogP contribution in [0.5, 0.6) is 0 Å². The van der Waals surface area contributed by atoms with Crippen molar-refractivity contribution in [3.8, 4) is 0 Å². The Morgan fingerprint density at radius 2 is 2.14 bits per heavy atom. The number of nitrogens with one attached hydrogen (secondary N) is 1. The maximum atomic E-state index is 12.7. The Kier molecular flexibility index (Phi) is 5.03. The van der Waals surface area contributed by atoms with Gasteiger partial charge in [0.05, 0.1) is 17.6 Å². The average molecular weight is 398 g/mol. The number of benzene rings is 1. The Bertz CT molecular complexity index is 1080. The third kappa shape index (κ3) is 3.47. The SMILES string of the molecule is C[C@H]1CCc2c(sc3nc([C@H](C)OC(=O)c4ccc(CO)cc4)[nH]c(=O)c23)C1. The number of rotatable bonds is 4. The number of aromatic amines is 1. The molecule has 0 amide bonds. The Morgan fingerprint density at radius 1 is 1.39 bits per heavy atom. The zero-order chi connectivity index (χ0) is 19.8. The van der Waals surface area contributed by atoms with E-state index in [4.69, 9.17) is 9.84 Å². The molecule has 1 aliphatic rings. The van der Waals surface area contributed by atoms with Crippen molar-refractivity contribution in [1.29, 1.82) is 0 Å². The lowest BCUT2D eigenvalue weighted by Gasteiger charge is -2.17. The molecular weight excluding hydrogens is 376 g/mol. The Balaban J connectivity index is 1.59. The number of thiophene rings is 1. The third-order valence-corrected chi connectivity index (χ3v) is 6.37. The lowest BCUT2D eigenvalue weighted by molar-refractivity contribution is 0.0320. The summed E-state index contributed by atoms with van der Waals surface area (Å²) in [6.07, 6.45) is 2.30. The molecule has 2 aromatic heterocycles. The van der Waals surface area contributed by atoms with E-state index in [1.807, 2.05) is 0 Å². The zero-order valence-corrected chi connectivity index (χ0v) is 16.6. The molecular formula is C21H22N2O4S. The highest BCUT2D eigenvalue weighted by molar-refractivity contribution is 7.18. The molecule has 0 spiro atoms. The van der Waals surface area contributed by atoms with Crippen molar-refractivity contribution in [3.05, 3.63) is 62.0 Å². The molecule has 28 heavy (non-hydrogen) atoms. The van der Waals surface area contributed by atoms with Crippen LogP contribution in [0.15, 0.2) is 29.1 Å². The number of nitrogens with zero attached hydrogens (tertiary/aromatic N) is 1. The average Bonchev–Trinajstić information content (AvgIpc) is 3.05. The van der Waals surface area contributed by atoms with Crippen molar-refractivity contribution in [2.45, 2.75) is 45.8 Å². The van der Waals surface area contributed by atoms with Crippen molar-refractivity contribution in [2.75, 3.05) is 0 Å². The van der Waals surface area contributed by atoms with Crippen LogP contribution >= 0.6 is 11.3 Å². The van der Waals surface area contributed by atoms with Crippen LogP contribution in [-0.2, 0) is 24.2 Å².